The number of nitrogens with zero attached hydrogens (tertiary/aromatic N) is 1. The summed E-state index contributed by atoms with van der Waals surface area (Å²) < 4.78 is 31.0. The van der Waals surface area contributed by atoms with Crippen LogP contribution < -0.4 is 5.32 Å². The van der Waals surface area contributed by atoms with Crippen molar-refractivity contribution in [1.82, 2.24) is 4.90 Å². The van der Waals surface area contributed by atoms with Gasteiger partial charge in [0.2, 0.25) is 5.91 Å². The third kappa shape index (κ3) is 5.51. The third-order valence-electron chi connectivity index (χ3n) is 3.86. The van der Waals surface area contributed by atoms with Crippen molar-refractivity contribution in [3.05, 3.63) is 29.8 Å². The summed E-state index contributed by atoms with van der Waals surface area (Å²) in [5.74, 6) is -3.60. The van der Waals surface area contributed by atoms with Crippen LogP contribution in [0.15, 0.2) is 18.2 Å². The summed E-state index contributed by atoms with van der Waals surface area (Å²) in [5, 5.41) is 2.33. The fourth-order valence-electron chi connectivity index (χ4n) is 2.47. The topological polar surface area (TPSA) is 75.7 Å². The van der Waals surface area contributed by atoms with E-state index < -0.39 is 29.6 Å². The number of hydrogen-bond donors (Lipinski definition) is 1. The van der Waals surface area contributed by atoms with Gasteiger partial charge in [0.1, 0.15) is 6.54 Å². The Morgan fingerprint density at radius 3 is 2.72 bits per heavy atom. The number of amides is 2. The fourth-order valence-corrected chi connectivity index (χ4v) is 2.47. The average molecular weight is 354 g/mol. The van der Waals surface area contributed by atoms with Gasteiger partial charge in [0.15, 0.2) is 17.7 Å². The molecule has 1 saturated heterocycles. The zero-order valence-electron chi connectivity index (χ0n) is 13.9. The van der Waals surface area contributed by atoms with Gasteiger partial charge in [0.25, 0.3) is 5.91 Å². The Balaban J connectivity index is 1.85. The largest absolute Gasteiger partial charge is 0.451 e. The molecule has 8 heteroatoms. The van der Waals surface area contributed by atoms with E-state index >= 15 is 0 Å². The predicted molar refractivity (Wildman–Crippen MR) is 85.6 cm³/mol. The quantitative estimate of drug-likeness (QED) is 0.823. The smallest absolute Gasteiger partial charge is 0.326 e. The maximum Gasteiger partial charge on any atom is 0.326 e. The van der Waals surface area contributed by atoms with E-state index in [1.54, 1.807) is 0 Å². The van der Waals surface area contributed by atoms with Crippen LogP contribution in [0.1, 0.15) is 32.6 Å². The fraction of sp³-hybridized carbons (Fsp3) is 0.471. The standard InChI is InChI=1S/C17H20F2N2O4/c1-11(17(24)20-12-6-7-13(18)14(19)9-12)25-16(23)10-21-8-4-2-3-5-15(21)22/h6-7,9,11H,2-5,8,10H2,1H3,(H,20,24)/t11-/m1/s1. The highest BCUT2D eigenvalue weighted by Crippen LogP contribution is 2.14. The van der Waals surface area contributed by atoms with Gasteiger partial charge < -0.3 is 15.0 Å². The number of carbonyl (C=O) groups is 3. The van der Waals surface area contributed by atoms with Crippen LogP contribution in [-0.2, 0) is 19.1 Å². The molecule has 6 nitrogen and oxygen atoms in total. The number of nitrogens with one attached hydrogen (secondary N) is 1. The molecule has 0 radical (unpaired) electrons. The monoisotopic (exact) mass is 354 g/mol. The van der Waals surface area contributed by atoms with E-state index in [-0.39, 0.29) is 18.1 Å². The second-order valence-corrected chi connectivity index (χ2v) is 5.88. The summed E-state index contributed by atoms with van der Waals surface area (Å²) in [6.07, 6.45) is 1.83. The normalized spacial score (nSPS) is 16.1. The van der Waals surface area contributed by atoms with E-state index in [4.69, 9.17) is 4.74 Å². The Hall–Kier alpha value is -2.51. The van der Waals surface area contributed by atoms with E-state index in [1.165, 1.54) is 17.9 Å². The molecule has 1 aliphatic heterocycles. The van der Waals surface area contributed by atoms with Crippen LogP contribution in [-0.4, -0.2) is 41.9 Å². The summed E-state index contributed by atoms with van der Waals surface area (Å²) in [6, 6.07) is 2.91. The van der Waals surface area contributed by atoms with Crippen molar-refractivity contribution in [1.29, 1.82) is 0 Å². The van der Waals surface area contributed by atoms with Crippen LogP contribution in [0.2, 0.25) is 0 Å². The van der Waals surface area contributed by atoms with Crippen LogP contribution in [0, 0.1) is 11.6 Å². The lowest BCUT2D eigenvalue weighted by molar-refractivity contribution is -0.156. The zero-order valence-corrected chi connectivity index (χ0v) is 13.9. The van der Waals surface area contributed by atoms with Crippen molar-refractivity contribution in [2.45, 2.75) is 38.7 Å². The Kier molecular flexibility index (Phi) is 6.44. The predicted octanol–water partition coefficient (Wildman–Crippen LogP) is 2.24. The lowest BCUT2D eigenvalue weighted by Gasteiger charge is -2.20. The molecule has 0 aromatic heterocycles. The molecule has 1 aromatic rings. The van der Waals surface area contributed by atoms with Crippen LogP contribution in [0.3, 0.4) is 0 Å². The summed E-state index contributed by atoms with van der Waals surface area (Å²) in [4.78, 5) is 37.2. The highest BCUT2D eigenvalue weighted by Gasteiger charge is 2.23. The van der Waals surface area contributed by atoms with E-state index in [1.807, 2.05) is 0 Å². The second-order valence-electron chi connectivity index (χ2n) is 5.88. The van der Waals surface area contributed by atoms with Gasteiger partial charge in [-0.1, -0.05) is 6.42 Å². The van der Waals surface area contributed by atoms with Gasteiger partial charge in [-0.05, 0) is 31.9 Å². The number of rotatable bonds is 5. The number of ether oxygens (including phenoxy) is 1. The molecule has 2 rings (SSSR count). The van der Waals surface area contributed by atoms with Gasteiger partial charge in [0.05, 0.1) is 0 Å². The number of carbonyl (C=O) groups excluding carboxylic acids is 3. The Labute approximate surface area is 144 Å². The molecule has 1 aliphatic rings. The van der Waals surface area contributed by atoms with Gasteiger partial charge in [-0.25, -0.2) is 8.78 Å². The van der Waals surface area contributed by atoms with E-state index in [2.05, 4.69) is 5.32 Å². The number of anilines is 1. The molecule has 1 aromatic carbocycles. The van der Waals surface area contributed by atoms with Gasteiger partial charge >= 0.3 is 5.97 Å². The first-order valence-electron chi connectivity index (χ1n) is 8.10. The molecular weight excluding hydrogens is 334 g/mol. The number of halogens is 2. The van der Waals surface area contributed by atoms with Crippen molar-refractivity contribution in [2.75, 3.05) is 18.4 Å². The first-order chi connectivity index (χ1) is 11.9. The minimum atomic E-state index is -1.14. The average Bonchev–Trinajstić information content (AvgIpc) is 2.75. The highest BCUT2D eigenvalue weighted by molar-refractivity contribution is 5.95. The lowest BCUT2D eigenvalue weighted by Crippen LogP contribution is -2.38. The molecular formula is C17H20F2N2O4. The molecule has 0 aliphatic carbocycles. The maximum absolute atomic E-state index is 13.1. The van der Waals surface area contributed by atoms with Crippen LogP contribution in [0.5, 0.6) is 0 Å². The van der Waals surface area contributed by atoms with Crippen molar-refractivity contribution < 1.29 is 27.9 Å². The molecule has 1 atom stereocenters. The third-order valence-corrected chi connectivity index (χ3v) is 3.86. The zero-order chi connectivity index (χ0) is 18.4. The molecule has 0 bridgehead atoms. The van der Waals surface area contributed by atoms with Gasteiger partial charge in [-0.15, -0.1) is 0 Å². The van der Waals surface area contributed by atoms with E-state index in [9.17, 15) is 23.2 Å². The number of hydrogen-bond acceptors (Lipinski definition) is 4. The minimum Gasteiger partial charge on any atom is -0.451 e. The van der Waals surface area contributed by atoms with Crippen molar-refractivity contribution in [2.24, 2.45) is 0 Å². The highest BCUT2D eigenvalue weighted by atomic mass is 19.2. The second kappa shape index (κ2) is 8.55. The van der Waals surface area contributed by atoms with E-state index in [0.717, 1.165) is 31.4 Å². The summed E-state index contributed by atoms with van der Waals surface area (Å²) in [7, 11) is 0. The van der Waals surface area contributed by atoms with Crippen LogP contribution in [0.4, 0.5) is 14.5 Å². The molecule has 0 unspecified atom stereocenters. The molecule has 1 fully saturated rings. The number of likely N-dealkylation sites (tertiary alicyclic amines) is 1. The Bertz CT molecular complexity index is 666. The summed E-state index contributed by atoms with van der Waals surface area (Å²) in [6.45, 7) is 1.64. The Morgan fingerprint density at radius 1 is 1.24 bits per heavy atom. The van der Waals surface area contributed by atoms with E-state index in [0.29, 0.717) is 13.0 Å². The van der Waals surface area contributed by atoms with Crippen LogP contribution >= 0.6 is 0 Å². The first-order valence-corrected chi connectivity index (χ1v) is 8.10. The van der Waals surface area contributed by atoms with Crippen molar-refractivity contribution >= 4 is 23.5 Å². The molecule has 136 valence electrons. The lowest BCUT2D eigenvalue weighted by atomic mass is 10.2. The molecule has 2 amide bonds. The summed E-state index contributed by atoms with van der Waals surface area (Å²) >= 11 is 0. The first kappa shape index (κ1) is 18.8. The number of esters is 1. The van der Waals surface area contributed by atoms with Gasteiger partial charge in [0, 0.05) is 24.7 Å². The summed E-state index contributed by atoms with van der Waals surface area (Å²) in [5.41, 5.74) is 0.0505. The minimum absolute atomic E-state index is 0.0505. The molecule has 25 heavy (non-hydrogen) atoms. The number of benzene rings is 1. The molecule has 0 spiro atoms. The molecule has 1 N–H and O–H groups in total. The van der Waals surface area contributed by atoms with Gasteiger partial charge in [-0.3, -0.25) is 14.4 Å². The molecule has 0 saturated carbocycles. The van der Waals surface area contributed by atoms with Gasteiger partial charge in [-0.2, -0.15) is 0 Å². The van der Waals surface area contributed by atoms with Crippen molar-refractivity contribution in [3.8, 4) is 0 Å². The maximum atomic E-state index is 13.1. The van der Waals surface area contributed by atoms with Crippen molar-refractivity contribution in [3.63, 3.8) is 0 Å². The Morgan fingerprint density at radius 2 is 2.00 bits per heavy atom. The van der Waals surface area contributed by atoms with Crippen LogP contribution in [0.25, 0.3) is 0 Å². The molecule has 1 heterocycles. The SMILES string of the molecule is C[C@@H](OC(=O)CN1CCCCCC1=O)C(=O)Nc1ccc(F)c(F)c1.